The third-order valence-electron chi connectivity index (χ3n) is 6.12. The van der Waals surface area contributed by atoms with Crippen molar-refractivity contribution in [2.75, 3.05) is 20.7 Å². The molecule has 1 aliphatic heterocycles. The number of amides is 2. The summed E-state index contributed by atoms with van der Waals surface area (Å²) in [5, 5.41) is 0. The number of carbonyl (C=O) groups is 1. The van der Waals surface area contributed by atoms with E-state index in [1.807, 2.05) is 0 Å². The minimum atomic E-state index is -4.98. The number of carbonyl (C=O) groups excluding carboxylic acids is 1. The number of piperidine rings is 1. The SMILES string of the molecule is CO[C@H]1CCN(C(=O)N(C)Cc2cc(C(F)(F)F)cc(C(F)(F)F)c2)[C@@H](c2ccc(F)cc2C)C1. The molecular formula is C24H25F7N2O2. The van der Waals surface area contributed by atoms with Gasteiger partial charge in [0.2, 0.25) is 0 Å². The molecule has 1 fully saturated rings. The van der Waals surface area contributed by atoms with Crippen LogP contribution in [0.5, 0.6) is 0 Å². The lowest BCUT2D eigenvalue weighted by Gasteiger charge is -2.41. The molecule has 4 nitrogen and oxygen atoms in total. The molecule has 0 radical (unpaired) electrons. The fraction of sp³-hybridized carbons (Fsp3) is 0.458. The fourth-order valence-corrected chi connectivity index (χ4v) is 4.36. The van der Waals surface area contributed by atoms with E-state index in [1.54, 1.807) is 13.0 Å². The summed E-state index contributed by atoms with van der Waals surface area (Å²) in [6, 6.07) is 4.36. The molecule has 2 aromatic rings. The van der Waals surface area contributed by atoms with Gasteiger partial charge < -0.3 is 14.5 Å². The highest BCUT2D eigenvalue weighted by Crippen LogP contribution is 2.38. The number of hydrogen-bond acceptors (Lipinski definition) is 2. The van der Waals surface area contributed by atoms with E-state index in [-0.39, 0.29) is 24.3 Å². The van der Waals surface area contributed by atoms with Crippen molar-refractivity contribution in [2.24, 2.45) is 0 Å². The van der Waals surface area contributed by atoms with Crippen LogP contribution in [0.15, 0.2) is 36.4 Å². The zero-order valence-corrected chi connectivity index (χ0v) is 19.3. The quantitative estimate of drug-likeness (QED) is 0.439. The Balaban J connectivity index is 1.90. The topological polar surface area (TPSA) is 32.8 Å². The number of aryl methyl sites for hydroxylation is 1. The van der Waals surface area contributed by atoms with Gasteiger partial charge in [0, 0.05) is 27.2 Å². The lowest BCUT2D eigenvalue weighted by atomic mass is 9.90. The Hall–Kier alpha value is -2.82. The molecule has 1 heterocycles. The molecule has 2 aromatic carbocycles. The summed E-state index contributed by atoms with van der Waals surface area (Å²) in [5.41, 5.74) is -1.88. The molecule has 0 N–H and O–H groups in total. The molecule has 35 heavy (non-hydrogen) atoms. The maximum atomic E-state index is 13.6. The normalized spacial score (nSPS) is 19.1. The zero-order valence-electron chi connectivity index (χ0n) is 19.3. The smallest absolute Gasteiger partial charge is 0.381 e. The molecule has 2 amide bonds. The van der Waals surface area contributed by atoms with Gasteiger partial charge in [-0.3, -0.25) is 0 Å². The summed E-state index contributed by atoms with van der Waals surface area (Å²) in [7, 11) is 2.85. The molecule has 11 heteroatoms. The van der Waals surface area contributed by atoms with Crippen molar-refractivity contribution in [3.63, 3.8) is 0 Å². The zero-order chi connectivity index (χ0) is 26.1. The number of ether oxygens (including phenoxy) is 1. The van der Waals surface area contributed by atoms with Gasteiger partial charge in [0.15, 0.2) is 0 Å². The highest BCUT2D eigenvalue weighted by Gasteiger charge is 2.38. The van der Waals surface area contributed by atoms with Gasteiger partial charge in [-0.05, 0) is 66.8 Å². The van der Waals surface area contributed by atoms with Gasteiger partial charge in [-0.15, -0.1) is 0 Å². The molecule has 1 saturated heterocycles. The molecule has 1 aliphatic rings. The third kappa shape index (κ3) is 6.25. The van der Waals surface area contributed by atoms with Crippen LogP contribution in [0.3, 0.4) is 0 Å². The van der Waals surface area contributed by atoms with Crippen LogP contribution in [0.4, 0.5) is 35.5 Å². The lowest BCUT2D eigenvalue weighted by Crippen LogP contribution is -2.48. The minimum Gasteiger partial charge on any atom is -0.381 e. The fourth-order valence-electron chi connectivity index (χ4n) is 4.36. The first-order valence-corrected chi connectivity index (χ1v) is 10.8. The van der Waals surface area contributed by atoms with Crippen molar-refractivity contribution < 1.29 is 40.3 Å². The summed E-state index contributed by atoms with van der Waals surface area (Å²) in [4.78, 5) is 15.9. The van der Waals surface area contributed by atoms with Gasteiger partial charge in [-0.25, -0.2) is 9.18 Å². The summed E-state index contributed by atoms with van der Waals surface area (Å²) < 4.78 is 98.3. The second kappa shape index (κ2) is 10.0. The number of urea groups is 1. The van der Waals surface area contributed by atoms with Crippen LogP contribution in [0.2, 0.25) is 0 Å². The maximum absolute atomic E-state index is 13.6. The predicted octanol–water partition coefficient (Wildman–Crippen LogP) is 6.58. The monoisotopic (exact) mass is 506 g/mol. The Morgan fingerprint density at radius 2 is 1.66 bits per heavy atom. The number of hydrogen-bond donors (Lipinski definition) is 0. The van der Waals surface area contributed by atoms with E-state index in [9.17, 15) is 35.5 Å². The van der Waals surface area contributed by atoms with Crippen molar-refractivity contribution in [3.8, 4) is 0 Å². The number of halogens is 7. The van der Waals surface area contributed by atoms with E-state index in [2.05, 4.69) is 0 Å². The molecule has 0 aliphatic carbocycles. The molecule has 2 atom stereocenters. The van der Waals surface area contributed by atoms with E-state index >= 15 is 0 Å². The Morgan fingerprint density at radius 1 is 1.06 bits per heavy atom. The van der Waals surface area contributed by atoms with Crippen LogP contribution in [-0.4, -0.2) is 42.6 Å². The van der Waals surface area contributed by atoms with Crippen molar-refractivity contribution in [1.82, 2.24) is 9.80 Å². The van der Waals surface area contributed by atoms with Gasteiger partial charge >= 0.3 is 18.4 Å². The first kappa shape index (κ1) is 26.8. The van der Waals surface area contributed by atoms with Crippen LogP contribution in [0, 0.1) is 12.7 Å². The highest BCUT2D eigenvalue weighted by atomic mass is 19.4. The van der Waals surface area contributed by atoms with Gasteiger partial charge in [-0.2, -0.15) is 26.3 Å². The van der Waals surface area contributed by atoms with Gasteiger partial charge in [0.1, 0.15) is 5.82 Å². The highest BCUT2D eigenvalue weighted by molar-refractivity contribution is 5.75. The van der Waals surface area contributed by atoms with Crippen LogP contribution in [-0.2, 0) is 23.6 Å². The lowest BCUT2D eigenvalue weighted by molar-refractivity contribution is -0.143. The standard InChI is InChI=1S/C24H25F7N2O2/c1-14-8-18(25)4-5-20(14)21-12-19(35-3)6-7-33(21)22(34)32(2)13-15-9-16(23(26,27)28)11-17(10-15)24(29,30)31/h4-5,8-11,19,21H,6-7,12-13H2,1-3H3/t19-,21+/m0/s1. The average Bonchev–Trinajstić information content (AvgIpc) is 2.77. The predicted molar refractivity (Wildman–Crippen MR) is 114 cm³/mol. The molecular weight excluding hydrogens is 481 g/mol. The molecule has 0 bridgehead atoms. The average molecular weight is 506 g/mol. The van der Waals surface area contributed by atoms with E-state index in [4.69, 9.17) is 4.74 Å². The Morgan fingerprint density at radius 3 is 2.17 bits per heavy atom. The number of likely N-dealkylation sites (tertiary alicyclic amines) is 1. The molecule has 3 rings (SSSR count). The Kier molecular flexibility index (Phi) is 7.68. The van der Waals surface area contributed by atoms with Crippen molar-refractivity contribution in [2.45, 2.75) is 50.8 Å². The second-order valence-electron chi connectivity index (χ2n) is 8.64. The van der Waals surface area contributed by atoms with E-state index < -0.39 is 47.9 Å². The summed E-state index contributed by atoms with van der Waals surface area (Å²) in [5.74, 6) is -0.439. The van der Waals surface area contributed by atoms with E-state index in [1.165, 1.54) is 31.2 Å². The van der Waals surface area contributed by atoms with Crippen molar-refractivity contribution >= 4 is 6.03 Å². The first-order valence-electron chi connectivity index (χ1n) is 10.8. The van der Waals surface area contributed by atoms with Crippen LogP contribution >= 0.6 is 0 Å². The van der Waals surface area contributed by atoms with Gasteiger partial charge in [0.25, 0.3) is 0 Å². The molecule has 0 saturated carbocycles. The summed E-state index contributed by atoms with van der Waals surface area (Å²) >= 11 is 0. The number of rotatable bonds is 4. The number of nitrogens with zero attached hydrogens (tertiary/aromatic N) is 2. The Labute approximate surface area is 198 Å². The largest absolute Gasteiger partial charge is 0.416 e. The molecule has 0 aromatic heterocycles. The van der Waals surface area contributed by atoms with Crippen molar-refractivity contribution in [1.29, 1.82) is 0 Å². The van der Waals surface area contributed by atoms with Crippen LogP contribution < -0.4 is 0 Å². The number of alkyl halides is 6. The second-order valence-corrected chi connectivity index (χ2v) is 8.64. The number of benzene rings is 2. The summed E-state index contributed by atoms with van der Waals surface area (Å²) in [6.07, 6.45) is -9.23. The maximum Gasteiger partial charge on any atom is 0.416 e. The van der Waals surface area contributed by atoms with Crippen molar-refractivity contribution in [3.05, 3.63) is 70.0 Å². The van der Waals surface area contributed by atoms with Crippen LogP contribution in [0.25, 0.3) is 0 Å². The van der Waals surface area contributed by atoms with Gasteiger partial charge in [0.05, 0.1) is 23.3 Å². The third-order valence-corrected chi connectivity index (χ3v) is 6.12. The van der Waals surface area contributed by atoms with Gasteiger partial charge in [-0.1, -0.05) is 6.07 Å². The first-order chi connectivity index (χ1) is 16.2. The summed E-state index contributed by atoms with van der Waals surface area (Å²) in [6.45, 7) is 1.48. The number of methoxy groups -OCH3 is 1. The van der Waals surface area contributed by atoms with E-state index in [0.717, 1.165) is 4.90 Å². The van der Waals surface area contributed by atoms with Crippen LogP contribution in [0.1, 0.15) is 46.7 Å². The Bertz CT molecular complexity index is 1040. The molecule has 192 valence electrons. The molecule has 0 unspecified atom stereocenters. The minimum absolute atomic E-state index is 0.0498. The molecule has 0 spiro atoms. The van der Waals surface area contributed by atoms with E-state index in [0.29, 0.717) is 36.1 Å².